The molecule has 196 valence electrons. The summed E-state index contributed by atoms with van der Waals surface area (Å²) in [4.78, 5) is 23.8. The standard InChI is InChI=1S/C24H21F5N4O3S/c1-14-10-15(16-12-30-23(31-13-16)24(27,28)29)11-18(32-14)4-7-21(34)22-20(26)8-9-33(22)37(35,36)19-5-2-17(25)3-6-19/h2-3,5-6,10-13,20,22H,4,7-9H2,1H3/t20-,22-/m0/s1. The third-order valence-corrected chi connectivity index (χ3v) is 7.80. The number of hydrogen-bond donors (Lipinski definition) is 0. The number of carbonyl (C=O) groups is 1. The second kappa shape index (κ2) is 10.2. The number of aryl methyl sites for hydroxylation is 2. The number of benzene rings is 1. The van der Waals surface area contributed by atoms with Crippen LogP contribution in [0.3, 0.4) is 0 Å². The number of pyridine rings is 1. The number of ketones is 1. The highest BCUT2D eigenvalue weighted by Gasteiger charge is 2.45. The summed E-state index contributed by atoms with van der Waals surface area (Å²) in [5.74, 6) is -2.55. The van der Waals surface area contributed by atoms with Crippen LogP contribution in [0, 0.1) is 12.7 Å². The number of alkyl halides is 4. The van der Waals surface area contributed by atoms with Crippen molar-refractivity contribution in [2.45, 2.75) is 49.5 Å². The van der Waals surface area contributed by atoms with E-state index in [-0.39, 0.29) is 30.7 Å². The summed E-state index contributed by atoms with van der Waals surface area (Å²) in [5.41, 5.74) is 1.71. The van der Waals surface area contributed by atoms with Gasteiger partial charge in [0.1, 0.15) is 18.0 Å². The molecule has 1 aliphatic heterocycles. The third kappa shape index (κ3) is 5.82. The van der Waals surface area contributed by atoms with Crippen molar-refractivity contribution in [1.82, 2.24) is 19.3 Å². The lowest BCUT2D eigenvalue weighted by molar-refractivity contribution is -0.145. The molecule has 3 aromatic rings. The van der Waals surface area contributed by atoms with Crippen LogP contribution in [0.25, 0.3) is 11.1 Å². The van der Waals surface area contributed by atoms with Crippen LogP contribution in [0.15, 0.2) is 53.7 Å². The summed E-state index contributed by atoms with van der Waals surface area (Å²) in [7, 11) is -4.23. The number of nitrogens with zero attached hydrogens (tertiary/aromatic N) is 4. The van der Waals surface area contributed by atoms with Gasteiger partial charge in [0.2, 0.25) is 15.8 Å². The Morgan fingerprint density at radius 2 is 1.73 bits per heavy atom. The zero-order valence-electron chi connectivity index (χ0n) is 19.4. The van der Waals surface area contributed by atoms with Crippen molar-refractivity contribution in [2.24, 2.45) is 0 Å². The molecule has 2 atom stereocenters. The van der Waals surface area contributed by atoms with Gasteiger partial charge in [-0.2, -0.15) is 17.5 Å². The van der Waals surface area contributed by atoms with Gasteiger partial charge in [-0.05, 0) is 61.7 Å². The third-order valence-electron chi connectivity index (χ3n) is 5.90. The van der Waals surface area contributed by atoms with Gasteiger partial charge in [-0.1, -0.05) is 0 Å². The highest BCUT2D eigenvalue weighted by Crippen LogP contribution is 2.31. The van der Waals surface area contributed by atoms with Crippen molar-refractivity contribution < 1.29 is 35.2 Å². The molecule has 3 heterocycles. The molecule has 2 aromatic heterocycles. The zero-order valence-corrected chi connectivity index (χ0v) is 20.2. The molecule has 7 nitrogen and oxygen atoms in total. The summed E-state index contributed by atoms with van der Waals surface area (Å²) in [6, 6.07) is 5.69. The van der Waals surface area contributed by atoms with Crippen LogP contribution < -0.4 is 0 Å². The Hall–Kier alpha value is -3.32. The molecular weight excluding hydrogens is 519 g/mol. The van der Waals surface area contributed by atoms with E-state index >= 15 is 0 Å². The molecule has 0 aliphatic carbocycles. The highest BCUT2D eigenvalue weighted by atomic mass is 32.2. The zero-order chi connectivity index (χ0) is 27.0. The monoisotopic (exact) mass is 540 g/mol. The van der Waals surface area contributed by atoms with Crippen molar-refractivity contribution >= 4 is 15.8 Å². The molecule has 37 heavy (non-hydrogen) atoms. The molecule has 13 heteroatoms. The largest absolute Gasteiger partial charge is 0.451 e. The van der Waals surface area contributed by atoms with Crippen molar-refractivity contribution in [1.29, 1.82) is 0 Å². The average molecular weight is 541 g/mol. The summed E-state index contributed by atoms with van der Waals surface area (Å²) in [6.45, 7) is 1.46. The molecule has 1 aromatic carbocycles. The lowest BCUT2D eigenvalue weighted by Gasteiger charge is -2.24. The molecule has 0 radical (unpaired) electrons. The van der Waals surface area contributed by atoms with Crippen molar-refractivity contribution in [3.63, 3.8) is 0 Å². The minimum absolute atomic E-state index is 0.0443. The second-order valence-electron chi connectivity index (χ2n) is 8.57. The Labute approximate surface area is 209 Å². The fraction of sp³-hybridized carbons (Fsp3) is 0.333. The van der Waals surface area contributed by atoms with Crippen LogP contribution >= 0.6 is 0 Å². The molecule has 0 saturated carbocycles. The smallest absolute Gasteiger partial charge is 0.298 e. The van der Waals surface area contributed by atoms with E-state index in [0.29, 0.717) is 22.5 Å². The first-order valence-corrected chi connectivity index (χ1v) is 12.6. The molecule has 0 bridgehead atoms. The van der Waals surface area contributed by atoms with Gasteiger partial charge in [0, 0.05) is 42.3 Å². The predicted molar refractivity (Wildman–Crippen MR) is 122 cm³/mol. The van der Waals surface area contributed by atoms with Crippen LogP contribution in [0.4, 0.5) is 22.0 Å². The van der Waals surface area contributed by atoms with E-state index in [9.17, 15) is 35.2 Å². The van der Waals surface area contributed by atoms with E-state index in [1.807, 2.05) is 0 Å². The Morgan fingerprint density at radius 1 is 1.08 bits per heavy atom. The molecule has 1 saturated heterocycles. The van der Waals surface area contributed by atoms with E-state index in [4.69, 9.17) is 0 Å². The SMILES string of the molecule is Cc1cc(-c2cnc(C(F)(F)F)nc2)cc(CCC(=O)[C@@H]2[C@@H](F)CCN2S(=O)(=O)c2ccc(F)cc2)n1. The quantitative estimate of drug-likeness (QED) is 0.415. The van der Waals surface area contributed by atoms with Gasteiger partial charge in [0.15, 0.2) is 5.78 Å². The summed E-state index contributed by atoms with van der Waals surface area (Å²) < 4.78 is 93.0. The van der Waals surface area contributed by atoms with Gasteiger partial charge in [-0.15, -0.1) is 0 Å². The maximum atomic E-state index is 14.7. The summed E-state index contributed by atoms with van der Waals surface area (Å²) in [6.07, 6.45) is -4.65. The molecule has 0 N–H and O–H groups in total. The number of hydrogen-bond acceptors (Lipinski definition) is 6. The highest BCUT2D eigenvalue weighted by molar-refractivity contribution is 7.89. The fourth-order valence-corrected chi connectivity index (χ4v) is 5.80. The maximum absolute atomic E-state index is 14.7. The van der Waals surface area contributed by atoms with Gasteiger partial charge in [-0.25, -0.2) is 27.2 Å². The van der Waals surface area contributed by atoms with Crippen LogP contribution in [0.1, 0.15) is 30.1 Å². The number of rotatable bonds is 7. The maximum Gasteiger partial charge on any atom is 0.451 e. The Morgan fingerprint density at radius 3 is 2.35 bits per heavy atom. The normalized spacial score (nSPS) is 18.8. The van der Waals surface area contributed by atoms with Gasteiger partial charge in [-0.3, -0.25) is 9.78 Å². The number of sulfonamides is 1. The Kier molecular flexibility index (Phi) is 7.38. The van der Waals surface area contributed by atoms with Crippen LogP contribution in [0.5, 0.6) is 0 Å². The summed E-state index contributed by atoms with van der Waals surface area (Å²) in [5, 5.41) is 0. The van der Waals surface area contributed by atoms with E-state index in [0.717, 1.165) is 41.0 Å². The first-order valence-electron chi connectivity index (χ1n) is 11.2. The van der Waals surface area contributed by atoms with E-state index in [1.165, 1.54) is 0 Å². The average Bonchev–Trinajstić information content (AvgIpc) is 3.24. The number of Topliss-reactive ketones (excluding diaryl/α,β-unsaturated/α-hetero) is 1. The van der Waals surface area contributed by atoms with Crippen molar-refractivity contribution in [3.05, 3.63) is 71.8 Å². The topological polar surface area (TPSA) is 93.1 Å². The van der Waals surface area contributed by atoms with E-state index in [2.05, 4.69) is 15.0 Å². The molecule has 4 rings (SSSR count). The number of carbonyl (C=O) groups excluding carboxylic acids is 1. The Balaban J connectivity index is 1.51. The fourth-order valence-electron chi connectivity index (χ4n) is 4.16. The van der Waals surface area contributed by atoms with Gasteiger partial charge in [0.05, 0.1) is 4.90 Å². The minimum Gasteiger partial charge on any atom is -0.298 e. The first kappa shape index (κ1) is 26.7. The number of aromatic nitrogens is 3. The van der Waals surface area contributed by atoms with Crippen LogP contribution in [-0.2, 0) is 27.4 Å². The minimum atomic E-state index is -4.68. The van der Waals surface area contributed by atoms with Crippen LogP contribution in [0.2, 0.25) is 0 Å². The first-order chi connectivity index (χ1) is 17.4. The van der Waals surface area contributed by atoms with Gasteiger partial charge >= 0.3 is 6.18 Å². The number of halogens is 5. The second-order valence-corrected chi connectivity index (χ2v) is 10.5. The molecule has 1 aliphatic rings. The molecule has 0 spiro atoms. The van der Waals surface area contributed by atoms with Gasteiger partial charge in [0.25, 0.3) is 0 Å². The van der Waals surface area contributed by atoms with Crippen LogP contribution in [-0.4, -0.2) is 52.2 Å². The van der Waals surface area contributed by atoms with E-state index in [1.54, 1.807) is 19.1 Å². The van der Waals surface area contributed by atoms with Crippen molar-refractivity contribution in [3.8, 4) is 11.1 Å². The molecular formula is C24H21F5N4O3S. The molecule has 0 unspecified atom stereocenters. The molecule has 0 amide bonds. The molecule has 1 fully saturated rings. The summed E-state index contributed by atoms with van der Waals surface area (Å²) >= 11 is 0. The van der Waals surface area contributed by atoms with Gasteiger partial charge < -0.3 is 0 Å². The Bertz CT molecular complexity index is 1400. The predicted octanol–water partition coefficient (Wildman–Crippen LogP) is 4.31. The lowest BCUT2D eigenvalue weighted by atomic mass is 10.0. The van der Waals surface area contributed by atoms with Crippen molar-refractivity contribution in [2.75, 3.05) is 6.54 Å². The van der Waals surface area contributed by atoms with E-state index < -0.39 is 45.8 Å². The lowest BCUT2D eigenvalue weighted by Crippen LogP contribution is -2.44.